The standard InChI is InChI=1S/C16H23N3O2/c1-3-8-17-16(21)13-6-7-15(18-10-13)19-9-4-5-14(11-19)12(2)20/h3,6-7,10,12,14,20H,1,4-5,8-9,11H2,2H3,(H,17,21). The molecule has 0 aromatic carbocycles. The first-order valence-electron chi connectivity index (χ1n) is 7.40. The predicted octanol–water partition coefficient (Wildman–Crippen LogP) is 1.59. The van der Waals surface area contributed by atoms with Crippen LogP contribution in [0.4, 0.5) is 5.82 Å². The summed E-state index contributed by atoms with van der Waals surface area (Å²) in [6.45, 7) is 7.61. The molecule has 1 aliphatic heterocycles. The molecule has 2 rings (SSSR count). The van der Waals surface area contributed by atoms with Crippen molar-refractivity contribution in [1.29, 1.82) is 0 Å². The van der Waals surface area contributed by atoms with Crippen LogP contribution in [-0.4, -0.2) is 41.7 Å². The summed E-state index contributed by atoms with van der Waals surface area (Å²) in [5.41, 5.74) is 0.546. The van der Waals surface area contributed by atoms with Crippen molar-refractivity contribution >= 4 is 11.7 Å². The van der Waals surface area contributed by atoms with Crippen molar-refractivity contribution in [2.45, 2.75) is 25.9 Å². The normalized spacial score (nSPS) is 19.9. The number of hydrogen-bond donors (Lipinski definition) is 2. The quantitative estimate of drug-likeness (QED) is 0.808. The number of amides is 1. The monoisotopic (exact) mass is 289 g/mol. The third kappa shape index (κ3) is 4.04. The zero-order valence-corrected chi connectivity index (χ0v) is 12.5. The highest BCUT2D eigenvalue weighted by atomic mass is 16.3. The van der Waals surface area contributed by atoms with Gasteiger partial charge < -0.3 is 15.3 Å². The third-order valence-electron chi connectivity index (χ3n) is 3.88. The average molecular weight is 289 g/mol. The summed E-state index contributed by atoms with van der Waals surface area (Å²) in [5.74, 6) is 1.01. The number of nitrogens with one attached hydrogen (secondary N) is 1. The maximum atomic E-state index is 11.8. The van der Waals surface area contributed by atoms with Gasteiger partial charge in [0.1, 0.15) is 5.82 Å². The number of aliphatic hydroxyl groups is 1. The molecule has 2 N–H and O–H groups in total. The van der Waals surface area contributed by atoms with Crippen LogP contribution in [0, 0.1) is 5.92 Å². The Morgan fingerprint density at radius 2 is 2.48 bits per heavy atom. The van der Waals surface area contributed by atoms with Crippen LogP contribution in [0.3, 0.4) is 0 Å². The first-order chi connectivity index (χ1) is 10.1. The molecule has 5 nitrogen and oxygen atoms in total. The fraction of sp³-hybridized carbons (Fsp3) is 0.500. The maximum absolute atomic E-state index is 11.8. The minimum absolute atomic E-state index is 0.144. The predicted molar refractivity (Wildman–Crippen MR) is 83.4 cm³/mol. The van der Waals surface area contributed by atoms with Crippen LogP contribution < -0.4 is 10.2 Å². The van der Waals surface area contributed by atoms with E-state index in [0.29, 0.717) is 12.1 Å². The number of pyridine rings is 1. The highest BCUT2D eigenvalue weighted by Crippen LogP contribution is 2.23. The Kier molecular flexibility index (Phi) is 5.33. The molecule has 2 unspecified atom stereocenters. The molecule has 1 aromatic heterocycles. The van der Waals surface area contributed by atoms with Crippen molar-refractivity contribution in [2.24, 2.45) is 5.92 Å². The molecule has 5 heteroatoms. The molecule has 0 radical (unpaired) electrons. The summed E-state index contributed by atoms with van der Waals surface area (Å²) >= 11 is 0. The number of carbonyl (C=O) groups excluding carboxylic acids is 1. The zero-order valence-electron chi connectivity index (χ0n) is 12.5. The van der Waals surface area contributed by atoms with Crippen LogP contribution >= 0.6 is 0 Å². The third-order valence-corrected chi connectivity index (χ3v) is 3.88. The molecule has 0 saturated carbocycles. The van der Waals surface area contributed by atoms with Crippen LogP contribution in [0.2, 0.25) is 0 Å². The topological polar surface area (TPSA) is 65.5 Å². The summed E-state index contributed by atoms with van der Waals surface area (Å²) in [6.07, 6.45) is 5.05. The van der Waals surface area contributed by atoms with Crippen molar-refractivity contribution in [3.63, 3.8) is 0 Å². The van der Waals surface area contributed by atoms with Gasteiger partial charge in [0, 0.05) is 31.7 Å². The molecular weight excluding hydrogens is 266 g/mol. The van der Waals surface area contributed by atoms with Gasteiger partial charge in [0.25, 0.3) is 5.91 Å². The fourth-order valence-corrected chi connectivity index (χ4v) is 2.59. The van der Waals surface area contributed by atoms with Crippen LogP contribution in [0.25, 0.3) is 0 Å². The van der Waals surface area contributed by atoms with Gasteiger partial charge >= 0.3 is 0 Å². The highest BCUT2D eigenvalue weighted by molar-refractivity contribution is 5.94. The molecule has 1 amide bonds. The summed E-state index contributed by atoms with van der Waals surface area (Å²) < 4.78 is 0. The molecule has 1 fully saturated rings. The largest absolute Gasteiger partial charge is 0.393 e. The van der Waals surface area contributed by atoms with Crippen LogP contribution in [-0.2, 0) is 0 Å². The molecule has 2 atom stereocenters. The number of carbonyl (C=O) groups is 1. The first-order valence-corrected chi connectivity index (χ1v) is 7.40. The van der Waals surface area contributed by atoms with Crippen molar-refractivity contribution in [3.05, 3.63) is 36.5 Å². The number of anilines is 1. The Balaban J connectivity index is 2.01. The fourth-order valence-electron chi connectivity index (χ4n) is 2.59. The molecule has 1 saturated heterocycles. The lowest BCUT2D eigenvalue weighted by molar-refractivity contribution is 0.0957. The van der Waals surface area contributed by atoms with E-state index < -0.39 is 0 Å². The molecule has 114 valence electrons. The molecule has 1 aromatic rings. The van der Waals surface area contributed by atoms with Gasteiger partial charge in [-0.25, -0.2) is 4.98 Å². The lowest BCUT2D eigenvalue weighted by atomic mass is 9.93. The van der Waals surface area contributed by atoms with Crippen LogP contribution in [0.15, 0.2) is 31.0 Å². The maximum Gasteiger partial charge on any atom is 0.253 e. The number of piperidine rings is 1. The van der Waals surface area contributed by atoms with Gasteiger partial charge in [-0.1, -0.05) is 6.08 Å². The number of rotatable bonds is 5. The van der Waals surface area contributed by atoms with E-state index >= 15 is 0 Å². The van der Waals surface area contributed by atoms with E-state index in [4.69, 9.17) is 0 Å². The van der Waals surface area contributed by atoms with Gasteiger partial charge in [0.15, 0.2) is 0 Å². The SMILES string of the molecule is C=CCNC(=O)c1ccc(N2CCCC(C(C)O)C2)nc1. The number of aromatic nitrogens is 1. The zero-order chi connectivity index (χ0) is 15.2. The Hall–Kier alpha value is -1.88. The first kappa shape index (κ1) is 15.5. The molecule has 1 aliphatic rings. The van der Waals surface area contributed by atoms with Gasteiger partial charge in [0.2, 0.25) is 0 Å². The van der Waals surface area contributed by atoms with Crippen molar-refractivity contribution in [3.8, 4) is 0 Å². The lowest BCUT2D eigenvalue weighted by Gasteiger charge is -2.34. The van der Waals surface area contributed by atoms with E-state index in [9.17, 15) is 9.90 Å². The van der Waals surface area contributed by atoms with Crippen LogP contribution in [0.1, 0.15) is 30.1 Å². The molecular formula is C16H23N3O2. The smallest absolute Gasteiger partial charge is 0.253 e. The van der Waals surface area contributed by atoms with Crippen molar-refractivity contribution in [2.75, 3.05) is 24.5 Å². The minimum atomic E-state index is -0.295. The highest BCUT2D eigenvalue weighted by Gasteiger charge is 2.24. The van der Waals surface area contributed by atoms with Crippen molar-refractivity contribution < 1.29 is 9.90 Å². The summed E-state index contributed by atoms with van der Waals surface area (Å²) in [7, 11) is 0. The van der Waals surface area contributed by atoms with Gasteiger partial charge in [-0.3, -0.25) is 4.79 Å². The Morgan fingerprint density at radius 1 is 1.67 bits per heavy atom. The van der Waals surface area contributed by atoms with Gasteiger partial charge in [-0.15, -0.1) is 6.58 Å². The Bertz CT molecular complexity index is 485. The van der Waals surface area contributed by atoms with E-state index in [1.54, 1.807) is 18.3 Å². The number of hydrogen-bond acceptors (Lipinski definition) is 4. The van der Waals surface area contributed by atoms with E-state index in [-0.39, 0.29) is 17.9 Å². The number of aliphatic hydroxyl groups excluding tert-OH is 1. The molecule has 0 aliphatic carbocycles. The molecule has 21 heavy (non-hydrogen) atoms. The number of nitrogens with zero attached hydrogens (tertiary/aromatic N) is 2. The summed E-state index contributed by atoms with van der Waals surface area (Å²) in [5, 5.41) is 12.5. The second kappa shape index (κ2) is 7.22. The van der Waals surface area contributed by atoms with Crippen molar-refractivity contribution in [1.82, 2.24) is 10.3 Å². The van der Waals surface area contributed by atoms with E-state index in [0.717, 1.165) is 31.7 Å². The Labute approximate surface area is 125 Å². The van der Waals surface area contributed by atoms with Gasteiger partial charge in [-0.2, -0.15) is 0 Å². The van der Waals surface area contributed by atoms with E-state index in [2.05, 4.69) is 21.8 Å². The summed E-state index contributed by atoms with van der Waals surface area (Å²) in [4.78, 5) is 18.3. The second-order valence-corrected chi connectivity index (χ2v) is 5.49. The molecule has 2 heterocycles. The van der Waals surface area contributed by atoms with E-state index in [1.165, 1.54) is 0 Å². The Morgan fingerprint density at radius 3 is 3.10 bits per heavy atom. The second-order valence-electron chi connectivity index (χ2n) is 5.49. The van der Waals surface area contributed by atoms with E-state index in [1.807, 2.05) is 13.0 Å². The average Bonchev–Trinajstić information content (AvgIpc) is 2.53. The lowest BCUT2D eigenvalue weighted by Crippen LogP contribution is -2.40. The molecule has 0 bridgehead atoms. The summed E-state index contributed by atoms with van der Waals surface area (Å²) in [6, 6.07) is 3.65. The molecule has 0 spiro atoms. The van der Waals surface area contributed by atoms with Gasteiger partial charge in [0.05, 0.1) is 11.7 Å². The van der Waals surface area contributed by atoms with Gasteiger partial charge in [-0.05, 0) is 31.9 Å². The minimum Gasteiger partial charge on any atom is -0.393 e. The van der Waals surface area contributed by atoms with Crippen LogP contribution in [0.5, 0.6) is 0 Å².